The van der Waals surface area contributed by atoms with Gasteiger partial charge in [0, 0.05) is 5.56 Å². The Morgan fingerprint density at radius 2 is 1.96 bits per heavy atom. The van der Waals surface area contributed by atoms with E-state index < -0.39 is 15.9 Å². The molecule has 0 aliphatic carbocycles. The van der Waals surface area contributed by atoms with E-state index in [2.05, 4.69) is 10.7 Å². The molecule has 130 valence electrons. The summed E-state index contributed by atoms with van der Waals surface area (Å²) in [6.07, 6.45) is 0. The van der Waals surface area contributed by atoms with Crippen molar-refractivity contribution < 1.29 is 22.7 Å². The maximum atomic E-state index is 12.3. The summed E-state index contributed by atoms with van der Waals surface area (Å²) in [4.78, 5) is 25.4. The summed E-state index contributed by atoms with van der Waals surface area (Å²) in [5.74, 6) is -0.568. The molecule has 1 heterocycles. The predicted octanol–water partition coefficient (Wildman–Crippen LogP) is 0.949. The minimum atomic E-state index is -4.02. The standard InChI is InChI=1S/C16H15N3O5S/c1-10-4-2-3-5-12(10)16(21)18-19-25(22,23)11-6-7-14-13(8-11)17-15(20)9-24-14/h2-8,19H,9H2,1H3,(H,17,20)(H,18,21). The number of carbonyl (C=O) groups is 2. The molecule has 3 rings (SSSR count). The molecule has 2 aromatic carbocycles. The molecule has 1 aliphatic heterocycles. The quantitative estimate of drug-likeness (QED) is 0.702. The number of benzene rings is 2. The Kier molecular flexibility index (Phi) is 4.43. The van der Waals surface area contributed by atoms with Crippen molar-refractivity contribution in [3.05, 3.63) is 53.6 Å². The van der Waals surface area contributed by atoms with Gasteiger partial charge in [0.05, 0.1) is 10.6 Å². The lowest BCUT2D eigenvalue weighted by atomic mass is 10.1. The molecular formula is C16H15N3O5S. The average molecular weight is 361 g/mol. The summed E-state index contributed by atoms with van der Waals surface area (Å²) in [5.41, 5.74) is 3.50. The molecule has 1 aliphatic rings. The first-order valence-electron chi connectivity index (χ1n) is 7.31. The van der Waals surface area contributed by atoms with E-state index in [0.29, 0.717) is 16.9 Å². The van der Waals surface area contributed by atoms with Crippen molar-refractivity contribution in [1.82, 2.24) is 10.3 Å². The Morgan fingerprint density at radius 1 is 1.20 bits per heavy atom. The second-order valence-electron chi connectivity index (χ2n) is 5.37. The third kappa shape index (κ3) is 3.62. The van der Waals surface area contributed by atoms with E-state index in [-0.39, 0.29) is 23.1 Å². The van der Waals surface area contributed by atoms with Crippen LogP contribution in [0.3, 0.4) is 0 Å². The van der Waals surface area contributed by atoms with Crippen molar-refractivity contribution in [2.75, 3.05) is 11.9 Å². The summed E-state index contributed by atoms with van der Waals surface area (Å²) in [6.45, 7) is 1.62. The Morgan fingerprint density at radius 3 is 2.72 bits per heavy atom. The zero-order chi connectivity index (χ0) is 18.0. The molecule has 0 spiro atoms. The van der Waals surface area contributed by atoms with Crippen LogP contribution in [-0.4, -0.2) is 26.8 Å². The zero-order valence-electron chi connectivity index (χ0n) is 13.2. The van der Waals surface area contributed by atoms with Crippen LogP contribution in [0.15, 0.2) is 47.4 Å². The number of anilines is 1. The lowest BCUT2D eigenvalue weighted by Gasteiger charge is -2.18. The fourth-order valence-electron chi connectivity index (χ4n) is 2.30. The van der Waals surface area contributed by atoms with E-state index in [9.17, 15) is 18.0 Å². The van der Waals surface area contributed by atoms with Gasteiger partial charge in [-0.2, -0.15) is 0 Å². The number of nitrogens with one attached hydrogen (secondary N) is 3. The van der Waals surface area contributed by atoms with Gasteiger partial charge in [-0.25, -0.2) is 8.42 Å². The molecule has 3 N–H and O–H groups in total. The van der Waals surface area contributed by atoms with Crippen LogP contribution in [0, 0.1) is 6.92 Å². The van der Waals surface area contributed by atoms with Gasteiger partial charge in [-0.05, 0) is 36.8 Å². The normalized spacial score (nSPS) is 13.4. The number of amides is 2. The summed E-state index contributed by atoms with van der Waals surface area (Å²) >= 11 is 0. The second kappa shape index (κ2) is 6.54. The minimum absolute atomic E-state index is 0.121. The lowest BCUT2D eigenvalue weighted by molar-refractivity contribution is -0.118. The number of ether oxygens (including phenoxy) is 1. The predicted molar refractivity (Wildman–Crippen MR) is 89.5 cm³/mol. The molecule has 0 radical (unpaired) electrons. The van der Waals surface area contributed by atoms with Gasteiger partial charge in [-0.15, -0.1) is 4.83 Å². The van der Waals surface area contributed by atoms with Gasteiger partial charge in [0.15, 0.2) is 6.61 Å². The molecule has 0 aromatic heterocycles. The summed E-state index contributed by atoms with van der Waals surface area (Å²) in [7, 11) is -4.02. The van der Waals surface area contributed by atoms with Gasteiger partial charge in [0.1, 0.15) is 5.75 Å². The van der Waals surface area contributed by atoms with Crippen LogP contribution in [0.25, 0.3) is 0 Å². The number of hydrogen-bond acceptors (Lipinski definition) is 5. The Bertz CT molecular complexity index is 956. The smallest absolute Gasteiger partial charge is 0.266 e. The van der Waals surface area contributed by atoms with Crippen molar-refractivity contribution in [2.45, 2.75) is 11.8 Å². The van der Waals surface area contributed by atoms with Gasteiger partial charge in [-0.3, -0.25) is 15.0 Å². The Labute approximate surface area is 144 Å². The van der Waals surface area contributed by atoms with Crippen molar-refractivity contribution in [2.24, 2.45) is 0 Å². The van der Waals surface area contributed by atoms with E-state index >= 15 is 0 Å². The first kappa shape index (κ1) is 16.9. The van der Waals surface area contributed by atoms with E-state index in [1.54, 1.807) is 31.2 Å². The number of hydrazine groups is 1. The monoisotopic (exact) mass is 361 g/mol. The number of aryl methyl sites for hydroxylation is 1. The van der Waals surface area contributed by atoms with Crippen molar-refractivity contribution in [3.8, 4) is 5.75 Å². The molecular weight excluding hydrogens is 346 g/mol. The van der Waals surface area contributed by atoms with Crippen LogP contribution < -0.4 is 20.3 Å². The van der Waals surface area contributed by atoms with Crippen LogP contribution in [0.4, 0.5) is 5.69 Å². The van der Waals surface area contributed by atoms with Crippen LogP contribution in [-0.2, 0) is 14.8 Å². The van der Waals surface area contributed by atoms with Crippen LogP contribution in [0.5, 0.6) is 5.75 Å². The van der Waals surface area contributed by atoms with Crippen LogP contribution in [0.2, 0.25) is 0 Å². The SMILES string of the molecule is Cc1ccccc1C(=O)NNS(=O)(=O)c1ccc2c(c1)NC(=O)CO2. The molecule has 2 amide bonds. The first-order valence-corrected chi connectivity index (χ1v) is 8.79. The highest BCUT2D eigenvalue weighted by molar-refractivity contribution is 7.89. The third-order valence-electron chi connectivity index (χ3n) is 3.58. The van der Waals surface area contributed by atoms with Crippen molar-refractivity contribution in [3.63, 3.8) is 0 Å². The zero-order valence-corrected chi connectivity index (χ0v) is 14.0. The molecule has 8 nitrogen and oxygen atoms in total. The lowest BCUT2D eigenvalue weighted by Crippen LogP contribution is -2.41. The Balaban J connectivity index is 1.76. The molecule has 0 fully saturated rings. The summed E-state index contributed by atoms with van der Waals surface area (Å²) in [5, 5.41) is 2.53. The maximum absolute atomic E-state index is 12.3. The van der Waals surface area contributed by atoms with E-state index in [1.807, 2.05) is 4.83 Å². The molecule has 0 atom stereocenters. The highest BCUT2D eigenvalue weighted by atomic mass is 32.2. The van der Waals surface area contributed by atoms with Crippen LogP contribution >= 0.6 is 0 Å². The minimum Gasteiger partial charge on any atom is -0.482 e. The number of sulfonamides is 1. The molecule has 0 unspecified atom stereocenters. The summed E-state index contributed by atoms with van der Waals surface area (Å²) < 4.78 is 29.9. The maximum Gasteiger partial charge on any atom is 0.266 e. The summed E-state index contributed by atoms with van der Waals surface area (Å²) in [6, 6.07) is 10.8. The molecule has 25 heavy (non-hydrogen) atoms. The fourth-order valence-corrected chi connectivity index (χ4v) is 3.16. The molecule has 2 aromatic rings. The van der Waals surface area contributed by atoms with Gasteiger partial charge >= 0.3 is 0 Å². The topological polar surface area (TPSA) is 114 Å². The first-order chi connectivity index (χ1) is 11.9. The second-order valence-corrected chi connectivity index (χ2v) is 7.05. The van der Waals surface area contributed by atoms with Crippen LogP contribution in [0.1, 0.15) is 15.9 Å². The number of hydrogen-bond donors (Lipinski definition) is 3. The van der Waals surface area contributed by atoms with Gasteiger partial charge in [0.25, 0.3) is 21.8 Å². The number of fused-ring (bicyclic) bond motifs is 1. The highest BCUT2D eigenvalue weighted by Gasteiger charge is 2.21. The largest absolute Gasteiger partial charge is 0.482 e. The number of rotatable bonds is 4. The highest BCUT2D eigenvalue weighted by Crippen LogP contribution is 2.29. The number of carbonyl (C=O) groups excluding carboxylic acids is 2. The van der Waals surface area contributed by atoms with Gasteiger partial charge in [0.2, 0.25) is 0 Å². The van der Waals surface area contributed by atoms with E-state index in [0.717, 1.165) is 0 Å². The average Bonchev–Trinajstić information content (AvgIpc) is 2.59. The third-order valence-corrected chi connectivity index (χ3v) is 4.83. The Hall–Kier alpha value is -2.91. The van der Waals surface area contributed by atoms with E-state index in [1.165, 1.54) is 18.2 Å². The molecule has 0 bridgehead atoms. The molecule has 0 saturated carbocycles. The molecule has 0 saturated heterocycles. The van der Waals surface area contributed by atoms with Gasteiger partial charge in [-0.1, -0.05) is 18.2 Å². The fraction of sp³-hybridized carbons (Fsp3) is 0.125. The van der Waals surface area contributed by atoms with Crippen molar-refractivity contribution >= 4 is 27.5 Å². The van der Waals surface area contributed by atoms with Gasteiger partial charge < -0.3 is 10.1 Å². The van der Waals surface area contributed by atoms with Crippen molar-refractivity contribution in [1.29, 1.82) is 0 Å². The molecule has 9 heteroatoms. The van der Waals surface area contributed by atoms with E-state index in [4.69, 9.17) is 4.74 Å².